The zero-order valence-electron chi connectivity index (χ0n) is 11.6. The van der Waals surface area contributed by atoms with Crippen LogP contribution in [0.1, 0.15) is 43.7 Å². The van der Waals surface area contributed by atoms with Crippen LogP contribution in [-0.4, -0.2) is 19.1 Å². The Labute approximate surface area is 118 Å². The highest BCUT2D eigenvalue weighted by molar-refractivity contribution is 5.78. The predicted octanol–water partition coefficient (Wildman–Crippen LogP) is 2.08. The predicted molar refractivity (Wildman–Crippen MR) is 74.5 cm³/mol. The molecule has 1 aromatic rings. The average Bonchev–Trinajstić information content (AvgIpc) is 3.10. The molecule has 20 heavy (non-hydrogen) atoms. The highest BCUT2D eigenvalue weighted by Crippen LogP contribution is 2.34. The van der Waals surface area contributed by atoms with Crippen molar-refractivity contribution in [1.82, 2.24) is 10.9 Å². The Morgan fingerprint density at radius 1 is 1.20 bits per heavy atom. The fourth-order valence-electron chi connectivity index (χ4n) is 2.84. The molecule has 1 saturated carbocycles. The lowest BCUT2D eigenvalue weighted by Crippen LogP contribution is -2.27. The van der Waals surface area contributed by atoms with Crippen molar-refractivity contribution >= 4 is 5.91 Å². The van der Waals surface area contributed by atoms with Gasteiger partial charge in [-0.25, -0.2) is 5.43 Å². The Morgan fingerprint density at radius 2 is 2.00 bits per heavy atom. The zero-order valence-corrected chi connectivity index (χ0v) is 11.6. The van der Waals surface area contributed by atoms with Crippen molar-refractivity contribution in [3.63, 3.8) is 0 Å². The Hall–Kier alpha value is -1.75. The summed E-state index contributed by atoms with van der Waals surface area (Å²) < 4.78 is 11.4. The van der Waals surface area contributed by atoms with Crippen LogP contribution in [0.2, 0.25) is 0 Å². The maximum Gasteiger partial charge on any atom is 0.236 e. The summed E-state index contributed by atoms with van der Waals surface area (Å²) in [6.45, 7) is 0. The van der Waals surface area contributed by atoms with Gasteiger partial charge in [0.1, 0.15) is 0 Å². The van der Waals surface area contributed by atoms with Crippen LogP contribution in [0.3, 0.4) is 0 Å². The van der Waals surface area contributed by atoms with Crippen LogP contribution in [0.5, 0.6) is 11.5 Å². The van der Waals surface area contributed by atoms with Crippen molar-refractivity contribution in [2.75, 3.05) is 7.11 Å². The Morgan fingerprint density at radius 3 is 2.65 bits per heavy atom. The Balaban J connectivity index is 1.80. The van der Waals surface area contributed by atoms with E-state index in [0.717, 1.165) is 29.9 Å². The Kier molecular flexibility index (Phi) is 3.78. The van der Waals surface area contributed by atoms with Crippen LogP contribution in [0.15, 0.2) is 18.2 Å². The zero-order chi connectivity index (χ0) is 13.9. The van der Waals surface area contributed by atoms with Crippen LogP contribution in [0.25, 0.3) is 0 Å². The highest BCUT2D eigenvalue weighted by Gasteiger charge is 2.24. The van der Waals surface area contributed by atoms with E-state index in [1.165, 1.54) is 12.8 Å². The van der Waals surface area contributed by atoms with E-state index >= 15 is 0 Å². The third kappa shape index (κ3) is 2.72. The minimum atomic E-state index is -0.000616. The second-order valence-electron chi connectivity index (χ2n) is 5.38. The van der Waals surface area contributed by atoms with Gasteiger partial charge in [-0.05, 0) is 43.4 Å². The largest absolute Gasteiger partial charge is 0.493 e. The fraction of sp³-hybridized carbons (Fsp3) is 0.533. The minimum Gasteiger partial charge on any atom is -0.493 e. The van der Waals surface area contributed by atoms with Gasteiger partial charge in [0.2, 0.25) is 5.91 Å². The van der Waals surface area contributed by atoms with Crippen LogP contribution in [-0.2, 0) is 4.79 Å². The van der Waals surface area contributed by atoms with E-state index < -0.39 is 0 Å². The molecule has 0 unspecified atom stereocenters. The van der Waals surface area contributed by atoms with Gasteiger partial charge in [-0.2, -0.15) is 0 Å². The molecule has 2 fully saturated rings. The van der Waals surface area contributed by atoms with E-state index in [-0.39, 0.29) is 18.1 Å². The summed E-state index contributed by atoms with van der Waals surface area (Å²) in [6.07, 6.45) is 5.42. The van der Waals surface area contributed by atoms with E-state index in [1.54, 1.807) is 7.11 Å². The first-order valence-electron chi connectivity index (χ1n) is 7.15. The first kappa shape index (κ1) is 13.2. The molecule has 1 aliphatic heterocycles. The van der Waals surface area contributed by atoms with E-state index in [1.807, 2.05) is 18.2 Å². The Bertz CT molecular complexity index is 498. The lowest BCUT2D eigenvalue weighted by atomic mass is 10.0. The molecule has 1 aromatic carbocycles. The normalized spacial score (nSPS) is 22.9. The summed E-state index contributed by atoms with van der Waals surface area (Å²) in [7, 11) is 1.65. The van der Waals surface area contributed by atoms with Gasteiger partial charge in [0.25, 0.3) is 0 Å². The number of methoxy groups -OCH3 is 1. The van der Waals surface area contributed by atoms with Gasteiger partial charge in [-0.3, -0.25) is 10.2 Å². The topological polar surface area (TPSA) is 59.6 Å². The molecular formula is C15H20N2O3. The second-order valence-corrected chi connectivity index (χ2v) is 5.38. The number of ether oxygens (including phenoxy) is 2. The van der Waals surface area contributed by atoms with Gasteiger partial charge in [-0.1, -0.05) is 6.07 Å². The standard InChI is InChI=1S/C15H20N2O3/c1-19-13-7-6-10(12-9-15(18)17-16-12)8-14(13)20-11-4-2-3-5-11/h6-8,11-12,16H,2-5,9H2,1H3,(H,17,18)/t12-/m0/s1. The lowest BCUT2D eigenvalue weighted by molar-refractivity contribution is -0.119. The van der Waals surface area contributed by atoms with E-state index in [4.69, 9.17) is 9.47 Å². The van der Waals surface area contributed by atoms with Gasteiger partial charge in [0.05, 0.1) is 19.3 Å². The number of hydrogen-bond donors (Lipinski definition) is 2. The third-order valence-corrected chi connectivity index (χ3v) is 3.96. The number of nitrogens with one attached hydrogen (secondary N) is 2. The summed E-state index contributed by atoms with van der Waals surface area (Å²) in [5, 5.41) is 0. The van der Waals surface area contributed by atoms with E-state index in [0.29, 0.717) is 6.42 Å². The van der Waals surface area contributed by atoms with Crippen molar-refractivity contribution in [1.29, 1.82) is 0 Å². The molecule has 0 bridgehead atoms. The SMILES string of the molecule is COc1ccc([C@@H]2CC(=O)NN2)cc1OC1CCCC1. The average molecular weight is 276 g/mol. The molecule has 5 heteroatoms. The number of carbonyl (C=O) groups excluding carboxylic acids is 1. The number of carbonyl (C=O) groups is 1. The van der Waals surface area contributed by atoms with E-state index in [9.17, 15) is 4.79 Å². The quantitative estimate of drug-likeness (QED) is 0.884. The molecule has 5 nitrogen and oxygen atoms in total. The molecule has 1 atom stereocenters. The van der Waals surface area contributed by atoms with Crippen molar-refractivity contribution in [2.45, 2.75) is 44.2 Å². The summed E-state index contributed by atoms with van der Waals surface area (Å²) >= 11 is 0. The molecule has 0 aromatic heterocycles. The van der Waals surface area contributed by atoms with Gasteiger partial charge < -0.3 is 9.47 Å². The molecule has 2 N–H and O–H groups in total. The molecule has 1 aliphatic carbocycles. The van der Waals surface area contributed by atoms with Gasteiger partial charge in [0, 0.05) is 6.42 Å². The lowest BCUT2D eigenvalue weighted by Gasteiger charge is -2.18. The summed E-state index contributed by atoms with van der Waals surface area (Å²) in [4.78, 5) is 11.3. The molecule has 1 amide bonds. The number of amides is 1. The second kappa shape index (κ2) is 5.71. The molecule has 108 valence electrons. The molecule has 0 spiro atoms. The van der Waals surface area contributed by atoms with Crippen molar-refractivity contribution in [2.24, 2.45) is 0 Å². The number of hydrazine groups is 1. The van der Waals surface area contributed by atoms with Crippen LogP contribution < -0.4 is 20.3 Å². The van der Waals surface area contributed by atoms with Crippen LogP contribution in [0.4, 0.5) is 0 Å². The minimum absolute atomic E-state index is 0.000616. The smallest absolute Gasteiger partial charge is 0.236 e. The first-order valence-corrected chi connectivity index (χ1v) is 7.15. The van der Waals surface area contributed by atoms with Gasteiger partial charge in [0.15, 0.2) is 11.5 Å². The maximum absolute atomic E-state index is 11.3. The molecule has 1 heterocycles. The fourth-order valence-corrected chi connectivity index (χ4v) is 2.84. The maximum atomic E-state index is 11.3. The molecule has 2 aliphatic rings. The summed E-state index contributed by atoms with van der Waals surface area (Å²) in [5.41, 5.74) is 6.65. The number of benzene rings is 1. The molecular weight excluding hydrogens is 256 g/mol. The molecule has 0 radical (unpaired) electrons. The monoisotopic (exact) mass is 276 g/mol. The van der Waals surface area contributed by atoms with Crippen molar-refractivity contribution < 1.29 is 14.3 Å². The van der Waals surface area contributed by atoms with E-state index in [2.05, 4.69) is 10.9 Å². The first-order chi connectivity index (χ1) is 9.76. The number of hydrogen-bond acceptors (Lipinski definition) is 4. The summed E-state index contributed by atoms with van der Waals surface area (Å²) in [6, 6.07) is 5.86. The third-order valence-electron chi connectivity index (χ3n) is 3.96. The van der Waals surface area contributed by atoms with Gasteiger partial charge >= 0.3 is 0 Å². The molecule has 1 saturated heterocycles. The van der Waals surface area contributed by atoms with Gasteiger partial charge in [-0.15, -0.1) is 0 Å². The van der Waals surface area contributed by atoms with Crippen LogP contribution in [0, 0.1) is 0 Å². The van der Waals surface area contributed by atoms with Crippen LogP contribution >= 0.6 is 0 Å². The summed E-state index contributed by atoms with van der Waals surface area (Å²) in [5.74, 6) is 1.54. The van der Waals surface area contributed by atoms with Crippen molar-refractivity contribution in [3.8, 4) is 11.5 Å². The molecule has 3 rings (SSSR count). The highest BCUT2D eigenvalue weighted by atomic mass is 16.5. The number of rotatable bonds is 4. The van der Waals surface area contributed by atoms with Crippen molar-refractivity contribution in [3.05, 3.63) is 23.8 Å².